The number of terminal acetylenes is 1. The van der Waals surface area contributed by atoms with Crippen molar-refractivity contribution >= 4 is 50.7 Å². The van der Waals surface area contributed by atoms with Gasteiger partial charge in [-0.3, -0.25) is 4.79 Å². The monoisotopic (exact) mass is 446 g/mol. The first kappa shape index (κ1) is 21.4. The summed E-state index contributed by atoms with van der Waals surface area (Å²) >= 11 is 13.8. The predicted molar refractivity (Wildman–Crippen MR) is 120 cm³/mol. The van der Waals surface area contributed by atoms with Gasteiger partial charge in [0, 0.05) is 5.56 Å². The molecule has 2 aromatic carbocycles. The van der Waals surface area contributed by atoms with Crippen molar-refractivity contribution in [3.8, 4) is 18.1 Å². The predicted octanol–water partition coefficient (Wildman–Crippen LogP) is 5.95. The van der Waals surface area contributed by atoms with Gasteiger partial charge in [-0.1, -0.05) is 60.2 Å². The fourth-order valence-electron chi connectivity index (χ4n) is 2.81. The molecule has 0 unspecified atom stereocenters. The molecule has 0 fully saturated rings. The van der Waals surface area contributed by atoms with Gasteiger partial charge in [0.05, 0.1) is 33.4 Å². The van der Waals surface area contributed by atoms with Crippen LogP contribution < -0.4 is 9.54 Å². The van der Waals surface area contributed by atoms with Gasteiger partial charge in [0.1, 0.15) is 5.75 Å². The van der Waals surface area contributed by atoms with E-state index in [1.807, 2.05) is 6.07 Å². The zero-order chi connectivity index (χ0) is 20.8. The highest BCUT2D eigenvalue weighted by Gasteiger charge is 2.13. The minimum atomic E-state index is -0.359. The summed E-state index contributed by atoms with van der Waals surface area (Å²) in [6.45, 7) is 3.05. The summed E-state index contributed by atoms with van der Waals surface area (Å²) in [5.74, 6) is 2.96. The Hall–Kier alpha value is -2.26. The largest absolute Gasteiger partial charge is 0.494 e. The fourth-order valence-corrected chi connectivity index (χ4v) is 4.33. The van der Waals surface area contributed by atoms with Crippen LogP contribution in [0.4, 0.5) is 0 Å². The lowest BCUT2D eigenvalue weighted by atomic mass is 10.2. The molecule has 0 bridgehead atoms. The average molecular weight is 447 g/mol. The lowest BCUT2D eigenvalue weighted by molar-refractivity contribution is 0.0998. The summed E-state index contributed by atoms with van der Waals surface area (Å²) in [4.78, 5) is 17.4. The van der Waals surface area contributed by atoms with Crippen LogP contribution in [0, 0.1) is 12.3 Å². The third-order valence-corrected chi connectivity index (χ3v) is 6.14. The molecule has 1 heterocycles. The van der Waals surface area contributed by atoms with Crippen LogP contribution in [-0.4, -0.2) is 17.1 Å². The summed E-state index contributed by atoms with van der Waals surface area (Å²) in [5, 5.41) is 0.823. The van der Waals surface area contributed by atoms with E-state index in [-0.39, 0.29) is 12.5 Å². The van der Waals surface area contributed by atoms with Gasteiger partial charge in [-0.25, -0.2) is 0 Å². The van der Waals surface area contributed by atoms with Crippen molar-refractivity contribution in [2.24, 2.45) is 4.99 Å². The van der Waals surface area contributed by atoms with E-state index >= 15 is 0 Å². The van der Waals surface area contributed by atoms with E-state index in [1.54, 1.807) is 34.9 Å². The Morgan fingerprint density at radius 2 is 1.97 bits per heavy atom. The highest BCUT2D eigenvalue weighted by Crippen LogP contribution is 2.32. The number of halogens is 2. The molecule has 1 amide bonds. The zero-order valence-electron chi connectivity index (χ0n) is 16.0. The maximum atomic E-state index is 12.7. The van der Waals surface area contributed by atoms with Crippen LogP contribution in [0.1, 0.15) is 36.5 Å². The first-order chi connectivity index (χ1) is 14.0. The van der Waals surface area contributed by atoms with Crippen LogP contribution in [-0.2, 0) is 6.54 Å². The van der Waals surface area contributed by atoms with E-state index in [0.29, 0.717) is 32.5 Å². The van der Waals surface area contributed by atoms with Crippen molar-refractivity contribution in [1.82, 2.24) is 4.57 Å². The summed E-state index contributed by atoms with van der Waals surface area (Å²) in [5.41, 5.74) is 1.16. The van der Waals surface area contributed by atoms with Crippen molar-refractivity contribution in [2.45, 2.75) is 32.7 Å². The first-order valence-corrected chi connectivity index (χ1v) is 10.8. The van der Waals surface area contributed by atoms with E-state index in [9.17, 15) is 4.79 Å². The van der Waals surface area contributed by atoms with E-state index in [0.717, 1.165) is 29.7 Å². The van der Waals surface area contributed by atoms with Gasteiger partial charge in [-0.05, 0) is 42.8 Å². The summed E-state index contributed by atoms with van der Waals surface area (Å²) in [6, 6.07) is 10.5. The fraction of sp³-hybridized carbons (Fsp3) is 0.273. The number of hydrogen-bond acceptors (Lipinski definition) is 3. The van der Waals surface area contributed by atoms with E-state index in [2.05, 4.69) is 17.8 Å². The number of aromatic nitrogens is 1. The first-order valence-electron chi connectivity index (χ1n) is 9.28. The second kappa shape index (κ2) is 9.98. The number of rotatable bonds is 7. The molecule has 0 radical (unpaired) electrons. The normalized spacial score (nSPS) is 11.6. The standard InChI is InChI=1S/C22H20Cl2N2O2S/c1-3-5-6-14-28-16-9-7-15(8-10-16)21(27)25-22-26(13-4-2)20-18(29-22)12-11-17(23)19(20)24/h2,7-12H,3,5-6,13-14H2,1H3. The number of carbonyl (C=O) groups excluding carboxylic acids is 1. The molecule has 1 aromatic heterocycles. The van der Waals surface area contributed by atoms with Gasteiger partial charge >= 0.3 is 0 Å². The van der Waals surface area contributed by atoms with E-state index in [1.165, 1.54) is 11.3 Å². The number of ether oxygens (including phenoxy) is 1. The summed E-state index contributed by atoms with van der Waals surface area (Å²) < 4.78 is 8.27. The Kier molecular flexibility index (Phi) is 7.38. The molecule has 0 N–H and O–H groups in total. The number of thiazole rings is 1. The number of unbranched alkanes of at least 4 members (excludes halogenated alkanes) is 2. The quantitative estimate of drug-likeness (QED) is 0.332. The second-order valence-electron chi connectivity index (χ2n) is 6.38. The molecule has 0 saturated heterocycles. The molecule has 3 aromatic rings. The van der Waals surface area contributed by atoms with Crippen LogP contribution in [0.15, 0.2) is 41.4 Å². The Morgan fingerprint density at radius 1 is 1.21 bits per heavy atom. The molecule has 3 rings (SSSR count). The number of fused-ring (bicyclic) bond motifs is 1. The molecule has 29 heavy (non-hydrogen) atoms. The maximum Gasteiger partial charge on any atom is 0.279 e. The lowest BCUT2D eigenvalue weighted by Crippen LogP contribution is -2.16. The van der Waals surface area contributed by atoms with E-state index in [4.69, 9.17) is 34.4 Å². The number of nitrogens with zero attached hydrogens (tertiary/aromatic N) is 2. The minimum Gasteiger partial charge on any atom is -0.494 e. The smallest absolute Gasteiger partial charge is 0.279 e. The van der Waals surface area contributed by atoms with Crippen molar-refractivity contribution in [3.05, 3.63) is 56.8 Å². The molecule has 7 heteroatoms. The van der Waals surface area contributed by atoms with E-state index < -0.39 is 0 Å². The minimum absolute atomic E-state index is 0.233. The third kappa shape index (κ3) is 5.02. The highest BCUT2D eigenvalue weighted by molar-refractivity contribution is 7.16. The van der Waals surface area contributed by atoms with Gasteiger partial charge in [0.2, 0.25) is 0 Å². The average Bonchev–Trinajstić information content (AvgIpc) is 3.06. The Bertz CT molecular complexity index is 1120. The highest BCUT2D eigenvalue weighted by atomic mass is 35.5. The lowest BCUT2D eigenvalue weighted by Gasteiger charge is -2.06. The topological polar surface area (TPSA) is 43.6 Å². The number of hydrogen-bond donors (Lipinski definition) is 0. The summed E-state index contributed by atoms with van der Waals surface area (Å²) in [7, 11) is 0. The number of amides is 1. The molecular formula is C22H20Cl2N2O2S. The van der Waals surface area contributed by atoms with Crippen LogP contribution in [0.5, 0.6) is 5.75 Å². The third-order valence-electron chi connectivity index (χ3n) is 4.30. The van der Waals surface area contributed by atoms with Gasteiger partial charge in [-0.15, -0.1) is 6.42 Å². The molecule has 4 nitrogen and oxygen atoms in total. The van der Waals surface area contributed by atoms with Crippen LogP contribution in [0.25, 0.3) is 10.2 Å². The molecule has 0 atom stereocenters. The SMILES string of the molecule is C#CCn1c(=NC(=O)c2ccc(OCCCCC)cc2)sc2ccc(Cl)c(Cl)c21. The van der Waals surface area contributed by atoms with Gasteiger partial charge in [0.15, 0.2) is 4.80 Å². The number of benzene rings is 2. The van der Waals surface area contributed by atoms with Gasteiger partial charge < -0.3 is 9.30 Å². The van der Waals surface area contributed by atoms with Crippen LogP contribution in [0.2, 0.25) is 10.0 Å². The Balaban J connectivity index is 1.89. The molecule has 0 aliphatic heterocycles. The zero-order valence-corrected chi connectivity index (χ0v) is 18.3. The maximum absolute atomic E-state index is 12.7. The van der Waals surface area contributed by atoms with Gasteiger partial charge in [0.25, 0.3) is 5.91 Å². The Morgan fingerprint density at radius 3 is 2.66 bits per heavy atom. The van der Waals surface area contributed by atoms with Crippen LogP contribution in [0.3, 0.4) is 0 Å². The molecule has 150 valence electrons. The molecule has 0 aliphatic carbocycles. The Labute approximate surface area is 183 Å². The van der Waals surface area contributed by atoms with Crippen molar-refractivity contribution in [3.63, 3.8) is 0 Å². The van der Waals surface area contributed by atoms with Crippen molar-refractivity contribution in [1.29, 1.82) is 0 Å². The van der Waals surface area contributed by atoms with Crippen molar-refractivity contribution in [2.75, 3.05) is 6.61 Å². The van der Waals surface area contributed by atoms with Crippen LogP contribution >= 0.6 is 34.5 Å². The molecule has 0 spiro atoms. The number of carbonyl (C=O) groups is 1. The van der Waals surface area contributed by atoms with Crippen molar-refractivity contribution < 1.29 is 9.53 Å². The molecular weight excluding hydrogens is 427 g/mol. The van der Waals surface area contributed by atoms with Gasteiger partial charge in [-0.2, -0.15) is 4.99 Å². The molecule has 0 saturated carbocycles. The second-order valence-corrected chi connectivity index (χ2v) is 8.17. The summed E-state index contributed by atoms with van der Waals surface area (Å²) in [6.07, 6.45) is 8.80. The molecule has 0 aliphatic rings.